The van der Waals surface area contributed by atoms with E-state index < -0.39 is 0 Å². The second-order valence-corrected chi connectivity index (χ2v) is 3.16. The zero-order valence-corrected chi connectivity index (χ0v) is 8.33. The van der Waals surface area contributed by atoms with Crippen molar-refractivity contribution in [2.24, 2.45) is 0 Å². The highest BCUT2D eigenvalue weighted by molar-refractivity contribution is 5.77. The van der Waals surface area contributed by atoms with Crippen LogP contribution in [-0.2, 0) is 0 Å². The van der Waals surface area contributed by atoms with Crippen molar-refractivity contribution in [3.8, 4) is 11.4 Å². The van der Waals surface area contributed by atoms with Gasteiger partial charge >= 0.3 is 0 Å². The Morgan fingerprint density at radius 3 is 2.62 bits per heavy atom. The fraction of sp³-hybridized carbons (Fsp3) is 0. The van der Waals surface area contributed by atoms with E-state index in [0.29, 0.717) is 28.9 Å². The standard InChI is InChI=1S/C12H8N2O2/c15-7-9-4-5-13-12(6-9)11-3-1-2-10(8-16)14-11/h1-8H. The highest BCUT2D eigenvalue weighted by atomic mass is 16.1. The number of hydrogen-bond donors (Lipinski definition) is 0. The Labute approximate surface area is 92.0 Å². The predicted molar refractivity (Wildman–Crippen MR) is 58.2 cm³/mol. The molecule has 0 aliphatic rings. The minimum Gasteiger partial charge on any atom is -0.298 e. The zero-order chi connectivity index (χ0) is 11.4. The first kappa shape index (κ1) is 10.2. The number of carbonyl (C=O) groups excluding carboxylic acids is 2. The van der Waals surface area contributed by atoms with Crippen molar-refractivity contribution in [1.82, 2.24) is 9.97 Å². The van der Waals surface area contributed by atoms with Crippen LogP contribution in [0.4, 0.5) is 0 Å². The number of rotatable bonds is 3. The lowest BCUT2D eigenvalue weighted by atomic mass is 10.2. The number of pyridine rings is 2. The molecule has 0 bridgehead atoms. The van der Waals surface area contributed by atoms with Crippen LogP contribution < -0.4 is 0 Å². The van der Waals surface area contributed by atoms with Gasteiger partial charge in [-0.25, -0.2) is 4.98 Å². The van der Waals surface area contributed by atoms with Gasteiger partial charge in [0.05, 0.1) is 11.4 Å². The summed E-state index contributed by atoms with van der Waals surface area (Å²) in [6.07, 6.45) is 2.95. The molecule has 0 unspecified atom stereocenters. The van der Waals surface area contributed by atoms with E-state index in [4.69, 9.17) is 0 Å². The molecule has 2 heterocycles. The van der Waals surface area contributed by atoms with Gasteiger partial charge in [0, 0.05) is 11.8 Å². The van der Waals surface area contributed by atoms with Crippen LogP contribution in [0, 0.1) is 0 Å². The smallest absolute Gasteiger partial charge is 0.168 e. The van der Waals surface area contributed by atoms with Crippen molar-refractivity contribution in [3.05, 3.63) is 47.8 Å². The molecule has 4 heteroatoms. The van der Waals surface area contributed by atoms with Crippen LogP contribution in [0.2, 0.25) is 0 Å². The molecular formula is C12H8N2O2. The molecule has 2 aromatic heterocycles. The van der Waals surface area contributed by atoms with Crippen LogP contribution in [-0.4, -0.2) is 22.5 Å². The zero-order valence-electron chi connectivity index (χ0n) is 8.33. The van der Waals surface area contributed by atoms with Gasteiger partial charge in [-0.15, -0.1) is 0 Å². The molecule has 16 heavy (non-hydrogen) atoms. The highest BCUT2D eigenvalue weighted by Gasteiger charge is 2.02. The van der Waals surface area contributed by atoms with E-state index in [1.54, 1.807) is 30.3 Å². The second-order valence-electron chi connectivity index (χ2n) is 3.16. The molecule has 0 saturated heterocycles. The molecule has 2 aromatic rings. The number of carbonyl (C=O) groups is 2. The minimum atomic E-state index is 0.343. The molecule has 0 atom stereocenters. The van der Waals surface area contributed by atoms with Crippen LogP contribution in [0.5, 0.6) is 0 Å². The van der Waals surface area contributed by atoms with E-state index in [1.807, 2.05) is 0 Å². The maximum absolute atomic E-state index is 10.6. The quantitative estimate of drug-likeness (QED) is 0.727. The van der Waals surface area contributed by atoms with E-state index in [9.17, 15) is 9.59 Å². The summed E-state index contributed by atoms with van der Waals surface area (Å²) in [5, 5.41) is 0. The summed E-state index contributed by atoms with van der Waals surface area (Å²) < 4.78 is 0. The van der Waals surface area contributed by atoms with E-state index in [0.717, 1.165) is 6.29 Å². The van der Waals surface area contributed by atoms with Gasteiger partial charge in [-0.2, -0.15) is 0 Å². The third-order valence-electron chi connectivity index (χ3n) is 2.07. The molecule has 0 radical (unpaired) electrons. The predicted octanol–water partition coefficient (Wildman–Crippen LogP) is 1.77. The lowest BCUT2D eigenvalue weighted by Crippen LogP contribution is -1.92. The first-order valence-corrected chi connectivity index (χ1v) is 4.67. The third kappa shape index (κ3) is 2.00. The third-order valence-corrected chi connectivity index (χ3v) is 2.07. The molecule has 0 spiro atoms. The Bertz CT molecular complexity index is 489. The average molecular weight is 212 g/mol. The fourth-order valence-electron chi connectivity index (χ4n) is 1.32. The molecular weight excluding hydrogens is 204 g/mol. The molecule has 0 aliphatic heterocycles. The van der Waals surface area contributed by atoms with E-state index in [1.165, 1.54) is 6.20 Å². The molecule has 0 amide bonds. The summed E-state index contributed by atoms with van der Waals surface area (Å²) in [5.41, 5.74) is 2.03. The normalized spacial score (nSPS) is 9.75. The topological polar surface area (TPSA) is 59.9 Å². The van der Waals surface area contributed by atoms with Crippen molar-refractivity contribution in [1.29, 1.82) is 0 Å². The summed E-state index contributed by atoms with van der Waals surface area (Å²) in [5.74, 6) is 0. The van der Waals surface area contributed by atoms with Gasteiger partial charge < -0.3 is 0 Å². The lowest BCUT2D eigenvalue weighted by Gasteiger charge is -2.00. The first-order valence-electron chi connectivity index (χ1n) is 4.67. The Kier molecular flexibility index (Phi) is 2.82. The van der Waals surface area contributed by atoms with Crippen LogP contribution in [0.3, 0.4) is 0 Å². The fourth-order valence-corrected chi connectivity index (χ4v) is 1.32. The van der Waals surface area contributed by atoms with E-state index >= 15 is 0 Å². The van der Waals surface area contributed by atoms with Gasteiger partial charge in [-0.1, -0.05) is 6.07 Å². The monoisotopic (exact) mass is 212 g/mol. The van der Waals surface area contributed by atoms with Crippen molar-refractivity contribution in [2.75, 3.05) is 0 Å². The van der Waals surface area contributed by atoms with Gasteiger partial charge in [0.25, 0.3) is 0 Å². The van der Waals surface area contributed by atoms with Crippen LogP contribution in [0.15, 0.2) is 36.5 Å². The van der Waals surface area contributed by atoms with Crippen LogP contribution in [0.1, 0.15) is 20.8 Å². The largest absolute Gasteiger partial charge is 0.298 e. The van der Waals surface area contributed by atoms with Crippen LogP contribution in [0.25, 0.3) is 11.4 Å². The number of nitrogens with zero attached hydrogens (tertiary/aromatic N) is 2. The summed E-state index contributed by atoms with van der Waals surface area (Å²) in [6.45, 7) is 0. The van der Waals surface area contributed by atoms with Crippen molar-refractivity contribution >= 4 is 12.6 Å². The summed E-state index contributed by atoms with van der Waals surface area (Å²) in [6, 6.07) is 8.31. The number of aldehydes is 2. The van der Waals surface area contributed by atoms with Gasteiger partial charge in [0.2, 0.25) is 0 Å². The lowest BCUT2D eigenvalue weighted by molar-refractivity contribution is 0.111. The van der Waals surface area contributed by atoms with Gasteiger partial charge in [-0.3, -0.25) is 14.6 Å². The molecule has 4 nitrogen and oxygen atoms in total. The SMILES string of the molecule is O=Cc1ccnc(-c2cccc(C=O)n2)c1. The maximum atomic E-state index is 10.6. The second kappa shape index (κ2) is 4.44. The Morgan fingerprint density at radius 2 is 1.88 bits per heavy atom. The van der Waals surface area contributed by atoms with Crippen molar-refractivity contribution < 1.29 is 9.59 Å². The van der Waals surface area contributed by atoms with Gasteiger partial charge in [0.15, 0.2) is 6.29 Å². The molecule has 0 aromatic carbocycles. The Balaban J connectivity index is 2.49. The van der Waals surface area contributed by atoms with Gasteiger partial charge in [0.1, 0.15) is 12.0 Å². The maximum Gasteiger partial charge on any atom is 0.168 e. The molecule has 0 aliphatic carbocycles. The van der Waals surface area contributed by atoms with Crippen molar-refractivity contribution in [2.45, 2.75) is 0 Å². The molecule has 2 rings (SSSR count). The van der Waals surface area contributed by atoms with E-state index in [-0.39, 0.29) is 0 Å². The van der Waals surface area contributed by atoms with Gasteiger partial charge in [-0.05, 0) is 24.3 Å². The van der Waals surface area contributed by atoms with Crippen LogP contribution >= 0.6 is 0 Å². The van der Waals surface area contributed by atoms with Crippen molar-refractivity contribution in [3.63, 3.8) is 0 Å². The highest BCUT2D eigenvalue weighted by Crippen LogP contribution is 2.14. The Hall–Kier alpha value is -2.36. The first-order chi connectivity index (χ1) is 7.83. The van der Waals surface area contributed by atoms with E-state index in [2.05, 4.69) is 9.97 Å². The Morgan fingerprint density at radius 1 is 1.00 bits per heavy atom. The molecule has 0 saturated carbocycles. The molecule has 78 valence electrons. The number of hydrogen-bond acceptors (Lipinski definition) is 4. The summed E-state index contributed by atoms with van der Waals surface area (Å²) in [7, 11) is 0. The summed E-state index contributed by atoms with van der Waals surface area (Å²) >= 11 is 0. The molecule has 0 fully saturated rings. The summed E-state index contributed by atoms with van der Waals surface area (Å²) in [4.78, 5) is 29.4. The molecule has 0 N–H and O–H groups in total. The number of aromatic nitrogens is 2. The average Bonchev–Trinajstić information content (AvgIpc) is 2.39. The minimum absolute atomic E-state index is 0.343.